The molecule has 0 saturated heterocycles. The Morgan fingerprint density at radius 1 is 0.938 bits per heavy atom. The van der Waals surface area contributed by atoms with Gasteiger partial charge in [0, 0.05) is 11.1 Å². The number of hydrogen-bond acceptors (Lipinski definition) is 5. The van der Waals surface area contributed by atoms with Gasteiger partial charge in [0.05, 0.1) is 25.9 Å². The molecule has 32 heavy (non-hydrogen) atoms. The molecule has 3 aromatic carbocycles. The van der Waals surface area contributed by atoms with Crippen molar-refractivity contribution < 1.29 is 19.0 Å². The summed E-state index contributed by atoms with van der Waals surface area (Å²) in [6.45, 7) is 0. The fourth-order valence-corrected chi connectivity index (χ4v) is 3.01. The molecular weight excluding hydrogens is 426 g/mol. The summed E-state index contributed by atoms with van der Waals surface area (Å²) >= 11 is 5.92. The van der Waals surface area contributed by atoms with Crippen molar-refractivity contribution in [3.05, 3.63) is 94.5 Å². The minimum absolute atomic E-state index is 0.273. The van der Waals surface area contributed by atoms with E-state index in [9.17, 15) is 10.1 Å². The molecule has 0 spiro atoms. The number of benzene rings is 3. The summed E-state index contributed by atoms with van der Waals surface area (Å²) in [5.41, 5.74) is 2.74. The van der Waals surface area contributed by atoms with E-state index in [1.165, 1.54) is 13.2 Å². The average molecular weight is 446 g/mol. The lowest BCUT2D eigenvalue weighted by atomic mass is 10.0. The van der Waals surface area contributed by atoms with Gasteiger partial charge >= 0.3 is 5.97 Å². The normalized spacial score (nSPS) is 11.1. The molecule has 0 heterocycles. The number of carbonyl (C=O) groups is 1. The van der Waals surface area contributed by atoms with Crippen LogP contribution in [0.3, 0.4) is 0 Å². The van der Waals surface area contributed by atoms with E-state index in [1.807, 2.05) is 18.2 Å². The number of nitriles is 1. The highest BCUT2D eigenvalue weighted by atomic mass is 35.5. The van der Waals surface area contributed by atoms with Gasteiger partial charge in [-0.1, -0.05) is 41.9 Å². The smallest absolute Gasteiger partial charge is 0.336 e. The first-order chi connectivity index (χ1) is 15.5. The van der Waals surface area contributed by atoms with Crippen molar-refractivity contribution in [1.29, 1.82) is 5.26 Å². The van der Waals surface area contributed by atoms with Crippen LogP contribution in [-0.2, 0) is 4.79 Å². The first kappa shape index (κ1) is 22.7. The zero-order valence-corrected chi connectivity index (χ0v) is 18.3. The largest absolute Gasteiger partial charge is 0.497 e. The maximum absolute atomic E-state index is 12.3. The van der Waals surface area contributed by atoms with Gasteiger partial charge in [-0.3, -0.25) is 0 Å². The van der Waals surface area contributed by atoms with E-state index < -0.39 is 5.97 Å². The van der Waals surface area contributed by atoms with Crippen molar-refractivity contribution in [3.63, 3.8) is 0 Å². The number of halogens is 1. The van der Waals surface area contributed by atoms with E-state index >= 15 is 0 Å². The quantitative estimate of drug-likeness (QED) is 0.146. The van der Waals surface area contributed by atoms with Crippen molar-refractivity contribution in [2.24, 2.45) is 0 Å². The lowest BCUT2D eigenvalue weighted by Gasteiger charge is -2.09. The van der Waals surface area contributed by atoms with Gasteiger partial charge in [0.15, 0.2) is 11.5 Å². The fraction of sp³-hybridized carbons (Fsp3) is 0.0769. The third-order valence-corrected chi connectivity index (χ3v) is 4.74. The van der Waals surface area contributed by atoms with Gasteiger partial charge in [-0.05, 0) is 65.2 Å². The molecule has 0 N–H and O–H groups in total. The third-order valence-electron chi connectivity index (χ3n) is 4.49. The highest BCUT2D eigenvalue weighted by molar-refractivity contribution is 6.30. The molecule has 0 aliphatic rings. The van der Waals surface area contributed by atoms with Crippen molar-refractivity contribution >= 4 is 35.3 Å². The van der Waals surface area contributed by atoms with Crippen molar-refractivity contribution in [2.75, 3.05) is 14.2 Å². The Bertz CT molecular complexity index is 1210. The molecule has 0 amide bonds. The first-order valence-electron chi connectivity index (χ1n) is 9.62. The molecule has 0 unspecified atom stereocenters. The first-order valence-corrected chi connectivity index (χ1v) is 10.00. The molecule has 0 aromatic heterocycles. The summed E-state index contributed by atoms with van der Waals surface area (Å²) in [7, 11) is 3.06. The van der Waals surface area contributed by atoms with Gasteiger partial charge < -0.3 is 14.2 Å². The summed E-state index contributed by atoms with van der Waals surface area (Å²) in [4.78, 5) is 12.3. The van der Waals surface area contributed by atoms with Crippen LogP contribution in [0.2, 0.25) is 5.02 Å². The molecule has 3 rings (SSSR count). The van der Waals surface area contributed by atoms with Crippen LogP contribution in [0.15, 0.2) is 72.8 Å². The Labute approximate surface area is 191 Å². The zero-order valence-electron chi connectivity index (χ0n) is 17.5. The third kappa shape index (κ3) is 6.00. The summed E-state index contributed by atoms with van der Waals surface area (Å²) < 4.78 is 16.0. The second-order valence-corrected chi connectivity index (χ2v) is 7.05. The highest BCUT2D eigenvalue weighted by Gasteiger charge is 2.10. The number of nitrogens with zero attached hydrogens (tertiary/aromatic N) is 1. The number of allylic oxidation sites excluding steroid dienone is 1. The number of methoxy groups -OCH3 is 2. The zero-order chi connectivity index (χ0) is 22.9. The van der Waals surface area contributed by atoms with Crippen LogP contribution in [0.25, 0.3) is 17.7 Å². The Hall–Kier alpha value is -4.01. The Kier molecular flexibility index (Phi) is 7.69. The lowest BCUT2D eigenvalue weighted by molar-refractivity contribution is -0.129. The van der Waals surface area contributed by atoms with E-state index in [2.05, 4.69) is 6.07 Å². The molecule has 0 saturated carbocycles. The number of hydrogen-bond donors (Lipinski definition) is 0. The standard InChI is InChI=1S/C26H20ClNO4/c1-30-23-5-3-4-18(15-23)7-13-26(29)32-24-12-6-19(16-25(24)31-2)14-21(17-28)20-8-10-22(27)11-9-20/h3-16H,1-2H3/b13-7+,21-14-. The van der Waals surface area contributed by atoms with Gasteiger partial charge in [0.1, 0.15) is 5.75 Å². The summed E-state index contributed by atoms with van der Waals surface area (Å²) in [6.07, 6.45) is 4.69. The summed E-state index contributed by atoms with van der Waals surface area (Å²) in [5.74, 6) is 0.791. The minimum atomic E-state index is -0.548. The molecule has 0 bridgehead atoms. The maximum Gasteiger partial charge on any atom is 0.336 e. The van der Waals surface area contributed by atoms with Gasteiger partial charge in [-0.2, -0.15) is 5.26 Å². The highest BCUT2D eigenvalue weighted by Crippen LogP contribution is 2.30. The van der Waals surface area contributed by atoms with E-state index in [1.54, 1.807) is 67.8 Å². The van der Waals surface area contributed by atoms with E-state index in [-0.39, 0.29) is 5.75 Å². The number of ether oxygens (including phenoxy) is 3. The Balaban J connectivity index is 1.77. The van der Waals surface area contributed by atoms with Gasteiger partial charge in [-0.15, -0.1) is 0 Å². The van der Waals surface area contributed by atoms with Crippen LogP contribution in [-0.4, -0.2) is 20.2 Å². The lowest BCUT2D eigenvalue weighted by Crippen LogP contribution is -2.05. The van der Waals surface area contributed by atoms with E-state index in [0.717, 1.165) is 16.7 Å². The number of carbonyl (C=O) groups excluding carboxylic acids is 1. The summed E-state index contributed by atoms with van der Waals surface area (Å²) in [5, 5.41) is 10.1. The van der Waals surface area contributed by atoms with Crippen molar-refractivity contribution in [1.82, 2.24) is 0 Å². The van der Waals surface area contributed by atoms with Crippen molar-refractivity contribution in [2.45, 2.75) is 0 Å². The van der Waals surface area contributed by atoms with E-state index in [0.29, 0.717) is 22.1 Å². The maximum atomic E-state index is 12.3. The van der Waals surface area contributed by atoms with Crippen molar-refractivity contribution in [3.8, 4) is 23.3 Å². The summed E-state index contributed by atoms with van der Waals surface area (Å²) in [6, 6.07) is 21.6. The molecule has 0 radical (unpaired) electrons. The molecule has 0 atom stereocenters. The molecule has 160 valence electrons. The average Bonchev–Trinajstić information content (AvgIpc) is 2.82. The van der Waals surface area contributed by atoms with Gasteiger partial charge in [0.25, 0.3) is 0 Å². The van der Waals surface area contributed by atoms with E-state index in [4.69, 9.17) is 25.8 Å². The predicted molar refractivity (Wildman–Crippen MR) is 126 cm³/mol. The monoisotopic (exact) mass is 445 g/mol. The molecule has 5 nitrogen and oxygen atoms in total. The van der Waals surface area contributed by atoms with Gasteiger partial charge in [0.2, 0.25) is 0 Å². The Morgan fingerprint density at radius 2 is 1.72 bits per heavy atom. The number of esters is 1. The molecular formula is C26H20ClNO4. The molecule has 0 fully saturated rings. The predicted octanol–water partition coefficient (Wildman–Crippen LogP) is 6.04. The van der Waals surface area contributed by atoms with Crippen LogP contribution >= 0.6 is 11.6 Å². The van der Waals surface area contributed by atoms with Crippen LogP contribution in [0.5, 0.6) is 17.2 Å². The molecule has 3 aromatic rings. The van der Waals surface area contributed by atoms with Crippen LogP contribution in [0.1, 0.15) is 16.7 Å². The second-order valence-electron chi connectivity index (χ2n) is 6.62. The van der Waals surface area contributed by atoms with Crippen LogP contribution in [0, 0.1) is 11.3 Å². The topological polar surface area (TPSA) is 68.5 Å². The second kappa shape index (κ2) is 10.9. The molecule has 0 aliphatic heterocycles. The fourth-order valence-electron chi connectivity index (χ4n) is 2.89. The van der Waals surface area contributed by atoms with Gasteiger partial charge in [-0.25, -0.2) is 4.79 Å². The Morgan fingerprint density at radius 3 is 2.41 bits per heavy atom. The molecule has 0 aliphatic carbocycles. The minimum Gasteiger partial charge on any atom is -0.497 e. The molecule has 6 heteroatoms. The number of rotatable bonds is 7. The van der Waals surface area contributed by atoms with Crippen LogP contribution in [0.4, 0.5) is 0 Å². The van der Waals surface area contributed by atoms with Crippen LogP contribution < -0.4 is 14.2 Å². The SMILES string of the molecule is COc1cccc(/C=C/C(=O)Oc2ccc(/C=C(/C#N)c3ccc(Cl)cc3)cc2OC)c1.